The van der Waals surface area contributed by atoms with Crippen LogP contribution in [0.5, 0.6) is 0 Å². The van der Waals surface area contributed by atoms with Crippen LogP contribution < -0.4 is 5.32 Å². The van der Waals surface area contributed by atoms with Gasteiger partial charge in [-0.3, -0.25) is 0 Å². The first-order chi connectivity index (χ1) is 8.31. The van der Waals surface area contributed by atoms with Crippen molar-refractivity contribution < 1.29 is 4.42 Å². The molecular weight excluding hydrogens is 232 g/mol. The fourth-order valence-electron chi connectivity index (χ4n) is 2.28. The first-order valence-corrected chi connectivity index (χ1v) is 7.35. The number of hydrogen-bond donors (Lipinski definition) is 1. The molecule has 17 heavy (non-hydrogen) atoms. The molecular formula is C13H18N2OS. The van der Waals surface area contributed by atoms with E-state index in [4.69, 9.17) is 9.68 Å². The molecule has 2 rings (SSSR count). The summed E-state index contributed by atoms with van der Waals surface area (Å²) in [5, 5.41) is 13.0. The Morgan fingerprint density at radius 3 is 2.76 bits per heavy atom. The van der Waals surface area contributed by atoms with Crippen molar-refractivity contribution in [2.45, 2.75) is 43.5 Å². The predicted molar refractivity (Wildman–Crippen MR) is 69.8 cm³/mol. The summed E-state index contributed by atoms with van der Waals surface area (Å²) in [6.07, 6.45) is 7.31. The highest BCUT2D eigenvalue weighted by atomic mass is 32.2. The van der Waals surface area contributed by atoms with Crippen LogP contribution in [0.25, 0.3) is 0 Å². The smallest absolute Gasteiger partial charge is 0.203 e. The Labute approximate surface area is 107 Å². The molecule has 1 aromatic heterocycles. The third-order valence-corrected chi connectivity index (χ3v) is 4.48. The lowest BCUT2D eigenvalue weighted by Crippen LogP contribution is -2.33. The largest absolute Gasteiger partial charge is 0.449 e. The summed E-state index contributed by atoms with van der Waals surface area (Å²) in [6.45, 7) is 0.732. The highest BCUT2D eigenvalue weighted by Crippen LogP contribution is 2.26. The SMILES string of the molecule is CSC1CCC(NCc2ccc(C#N)o2)CC1. The zero-order valence-electron chi connectivity index (χ0n) is 10.1. The van der Waals surface area contributed by atoms with Crippen LogP contribution >= 0.6 is 11.8 Å². The van der Waals surface area contributed by atoms with Gasteiger partial charge in [0.1, 0.15) is 11.8 Å². The van der Waals surface area contributed by atoms with E-state index < -0.39 is 0 Å². The molecule has 0 atom stereocenters. The number of nitrogens with one attached hydrogen (secondary N) is 1. The molecule has 0 unspecified atom stereocenters. The lowest BCUT2D eigenvalue weighted by atomic mass is 9.95. The van der Waals surface area contributed by atoms with Gasteiger partial charge in [0.2, 0.25) is 5.76 Å². The van der Waals surface area contributed by atoms with E-state index in [2.05, 4.69) is 11.6 Å². The van der Waals surface area contributed by atoms with Gasteiger partial charge in [-0.2, -0.15) is 17.0 Å². The van der Waals surface area contributed by atoms with Crippen LogP contribution in [0.2, 0.25) is 0 Å². The standard InChI is InChI=1S/C13H18N2OS/c1-17-13-6-2-10(3-7-13)15-9-12-5-4-11(8-14)16-12/h4-5,10,13,15H,2-3,6-7,9H2,1H3. The Morgan fingerprint density at radius 2 is 2.18 bits per heavy atom. The number of nitrogens with zero attached hydrogens (tertiary/aromatic N) is 1. The minimum absolute atomic E-state index is 0.396. The first-order valence-electron chi connectivity index (χ1n) is 6.07. The molecule has 0 spiro atoms. The van der Waals surface area contributed by atoms with Crippen LogP contribution in [0.1, 0.15) is 37.2 Å². The van der Waals surface area contributed by atoms with Crippen molar-refractivity contribution in [3.63, 3.8) is 0 Å². The lowest BCUT2D eigenvalue weighted by molar-refractivity contribution is 0.361. The second kappa shape index (κ2) is 6.13. The quantitative estimate of drug-likeness (QED) is 0.892. The Morgan fingerprint density at radius 1 is 1.41 bits per heavy atom. The van der Waals surface area contributed by atoms with Crippen molar-refractivity contribution >= 4 is 11.8 Å². The summed E-state index contributed by atoms with van der Waals surface area (Å²) < 4.78 is 5.34. The Hall–Kier alpha value is -0.920. The molecule has 1 aliphatic carbocycles. The van der Waals surface area contributed by atoms with Crippen LogP contribution in [0.15, 0.2) is 16.5 Å². The van der Waals surface area contributed by atoms with Gasteiger partial charge < -0.3 is 9.73 Å². The second-order valence-electron chi connectivity index (χ2n) is 4.47. The average Bonchev–Trinajstić information content (AvgIpc) is 2.85. The van der Waals surface area contributed by atoms with Crippen LogP contribution in [0.3, 0.4) is 0 Å². The number of nitriles is 1. The van der Waals surface area contributed by atoms with E-state index in [-0.39, 0.29) is 0 Å². The maximum atomic E-state index is 8.66. The van der Waals surface area contributed by atoms with Gasteiger partial charge >= 0.3 is 0 Å². The van der Waals surface area contributed by atoms with E-state index in [0.717, 1.165) is 17.6 Å². The third-order valence-electron chi connectivity index (χ3n) is 3.34. The van der Waals surface area contributed by atoms with E-state index in [1.165, 1.54) is 25.7 Å². The molecule has 0 saturated heterocycles. The van der Waals surface area contributed by atoms with Crippen LogP contribution in [0, 0.1) is 11.3 Å². The monoisotopic (exact) mass is 250 g/mol. The zero-order chi connectivity index (χ0) is 12.1. The highest BCUT2D eigenvalue weighted by molar-refractivity contribution is 7.99. The number of thioether (sulfide) groups is 1. The zero-order valence-corrected chi connectivity index (χ0v) is 10.9. The molecule has 1 aliphatic rings. The normalized spacial score (nSPS) is 24.5. The molecule has 0 bridgehead atoms. The van der Waals surface area contributed by atoms with Gasteiger partial charge in [-0.25, -0.2) is 0 Å². The van der Waals surface area contributed by atoms with Gasteiger partial charge in [-0.1, -0.05) is 0 Å². The molecule has 0 radical (unpaired) electrons. The molecule has 1 saturated carbocycles. The van der Waals surface area contributed by atoms with Crippen molar-refractivity contribution in [3.8, 4) is 6.07 Å². The minimum Gasteiger partial charge on any atom is -0.449 e. The maximum absolute atomic E-state index is 8.66. The van der Waals surface area contributed by atoms with E-state index in [1.54, 1.807) is 6.07 Å². The maximum Gasteiger partial charge on any atom is 0.203 e. The van der Waals surface area contributed by atoms with Crippen molar-refractivity contribution in [2.24, 2.45) is 0 Å². The van der Waals surface area contributed by atoms with E-state index in [0.29, 0.717) is 11.8 Å². The fraction of sp³-hybridized carbons (Fsp3) is 0.615. The van der Waals surface area contributed by atoms with Crippen molar-refractivity contribution in [1.29, 1.82) is 5.26 Å². The summed E-state index contributed by atoms with van der Waals surface area (Å²) in [6, 6.07) is 6.21. The summed E-state index contributed by atoms with van der Waals surface area (Å²) in [5.74, 6) is 1.25. The molecule has 1 heterocycles. The predicted octanol–water partition coefficient (Wildman–Crippen LogP) is 2.92. The van der Waals surface area contributed by atoms with Gasteiger partial charge in [-0.05, 0) is 44.1 Å². The van der Waals surface area contributed by atoms with Crippen molar-refractivity contribution in [1.82, 2.24) is 5.32 Å². The Kier molecular flexibility index (Phi) is 4.52. The molecule has 0 amide bonds. The van der Waals surface area contributed by atoms with Crippen molar-refractivity contribution in [2.75, 3.05) is 6.26 Å². The number of rotatable bonds is 4. The van der Waals surface area contributed by atoms with Gasteiger partial charge in [0.25, 0.3) is 0 Å². The van der Waals surface area contributed by atoms with Crippen LogP contribution in [0.4, 0.5) is 0 Å². The summed E-state index contributed by atoms with van der Waals surface area (Å²) in [7, 11) is 0. The number of hydrogen-bond acceptors (Lipinski definition) is 4. The van der Waals surface area contributed by atoms with Gasteiger partial charge in [-0.15, -0.1) is 0 Å². The summed E-state index contributed by atoms with van der Waals surface area (Å²) in [4.78, 5) is 0. The summed E-state index contributed by atoms with van der Waals surface area (Å²) in [5.41, 5.74) is 0. The molecule has 1 N–H and O–H groups in total. The molecule has 1 fully saturated rings. The molecule has 1 aromatic rings. The lowest BCUT2D eigenvalue weighted by Gasteiger charge is -2.27. The Bertz CT molecular complexity index is 388. The van der Waals surface area contributed by atoms with Crippen molar-refractivity contribution in [3.05, 3.63) is 23.7 Å². The van der Waals surface area contributed by atoms with Gasteiger partial charge in [0.15, 0.2) is 0 Å². The topological polar surface area (TPSA) is 49.0 Å². The molecule has 0 aliphatic heterocycles. The van der Waals surface area contributed by atoms with E-state index in [1.807, 2.05) is 23.9 Å². The van der Waals surface area contributed by atoms with Crippen LogP contribution in [-0.4, -0.2) is 17.5 Å². The van der Waals surface area contributed by atoms with Gasteiger partial charge in [0, 0.05) is 11.3 Å². The fourth-order valence-corrected chi connectivity index (χ4v) is 3.02. The summed E-state index contributed by atoms with van der Waals surface area (Å²) >= 11 is 1.99. The minimum atomic E-state index is 0.396. The first kappa shape index (κ1) is 12.5. The Balaban J connectivity index is 1.74. The molecule has 0 aromatic carbocycles. The third kappa shape index (κ3) is 3.52. The van der Waals surface area contributed by atoms with Gasteiger partial charge in [0.05, 0.1) is 6.54 Å². The molecule has 92 valence electrons. The van der Waals surface area contributed by atoms with E-state index >= 15 is 0 Å². The average molecular weight is 250 g/mol. The van der Waals surface area contributed by atoms with E-state index in [9.17, 15) is 0 Å². The second-order valence-corrected chi connectivity index (χ2v) is 5.61. The molecule has 3 nitrogen and oxygen atoms in total. The highest BCUT2D eigenvalue weighted by Gasteiger charge is 2.20. The number of furan rings is 1. The van der Waals surface area contributed by atoms with Crippen LogP contribution in [-0.2, 0) is 6.54 Å². The molecule has 4 heteroatoms.